The molecule has 0 fully saturated rings. The van der Waals surface area contributed by atoms with Crippen LogP contribution in [-0.4, -0.2) is 61.6 Å². The maximum absolute atomic E-state index is 11.6. The van der Waals surface area contributed by atoms with E-state index in [0.29, 0.717) is 32.5 Å². The van der Waals surface area contributed by atoms with Crippen LogP contribution in [0.1, 0.15) is 29.8 Å². The zero-order valence-corrected chi connectivity index (χ0v) is 19.8. The Morgan fingerprint density at radius 1 is 1.09 bits per heavy atom. The fourth-order valence-electron chi connectivity index (χ4n) is 3.87. The molecule has 0 amide bonds. The summed E-state index contributed by atoms with van der Waals surface area (Å²) in [5.41, 5.74) is 5.80. The van der Waals surface area contributed by atoms with Crippen molar-refractivity contribution in [2.24, 2.45) is 0 Å². The number of carbonyl (C=O) groups is 1. The van der Waals surface area contributed by atoms with Gasteiger partial charge >= 0.3 is 5.97 Å². The lowest BCUT2D eigenvalue weighted by molar-refractivity contribution is -0.140. The molecule has 0 radical (unpaired) electrons. The first-order valence-corrected chi connectivity index (χ1v) is 10.7. The Balaban J connectivity index is 2.07. The Kier molecular flexibility index (Phi) is 7.69. The molecule has 2 heterocycles. The van der Waals surface area contributed by atoms with Gasteiger partial charge in [-0.1, -0.05) is 6.07 Å². The molecule has 0 atom stereocenters. The normalized spacial score (nSPS) is 11.1. The topological polar surface area (TPSA) is 78.2 Å². The Morgan fingerprint density at radius 3 is 2.53 bits per heavy atom. The van der Waals surface area contributed by atoms with Gasteiger partial charge in [-0.15, -0.1) is 0 Å². The lowest BCUT2D eigenvalue weighted by Crippen LogP contribution is -2.31. The Bertz CT molecular complexity index is 1090. The van der Waals surface area contributed by atoms with Crippen molar-refractivity contribution < 1.29 is 19.0 Å². The maximum Gasteiger partial charge on any atom is 0.305 e. The number of rotatable bonds is 10. The molecule has 0 saturated carbocycles. The van der Waals surface area contributed by atoms with Crippen LogP contribution in [0.2, 0.25) is 0 Å². The molecule has 8 nitrogen and oxygen atoms in total. The minimum Gasteiger partial charge on any atom is -0.497 e. The molecule has 8 heteroatoms. The summed E-state index contributed by atoms with van der Waals surface area (Å²) in [5.74, 6) is 1.54. The summed E-state index contributed by atoms with van der Waals surface area (Å²) in [6.45, 7) is 7.96. The van der Waals surface area contributed by atoms with E-state index < -0.39 is 0 Å². The predicted octanol–water partition coefficient (Wildman–Crippen LogP) is 3.74. The second kappa shape index (κ2) is 10.5. The van der Waals surface area contributed by atoms with Crippen molar-refractivity contribution in [1.29, 1.82) is 0 Å². The number of benzene rings is 1. The van der Waals surface area contributed by atoms with Crippen LogP contribution in [0.4, 0.5) is 5.82 Å². The summed E-state index contributed by atoms with van der Waals surface area (Å²) < 4.78 is 17.4. The van der Waals surface area contributed by atoms with E-state index in [1.165, 1.54) is 7.11 Å². The third-order valence-corrected chi connectivity index (χ3v) is 5.50. The Hall–Kier alpha value is -3.13. The minimum absolute atomic E-state index is 0.208. The monoisotopic (exact) mass is 440 g/mol. The van der Waals surface area contributed by atoms with Crippen LogP contribution in [0.3, 0.4) is 0 Å². The van der Waals surface area contributed by atoms with Crippen molar-refractivity contribution >= 4 is 17.4 Å². The fraction of sp³-hybridized carbons (Fsp3) is 0.458. The van der Waals surface area contributed by atoms with Gasteiger partial charge in [-0.2, -0.15) is 9.61 Å². The van der Waals surface area contributed by atoms with Crippen LogP contribution < -0.4 is 9.64 Å². The van der Waals surface area contributed by atoms with E-state index in [1.807, 2.05) is 36.6 Å². The Labute approximate surface area is 189 Å². The van der Waals surface area contributed by atoms with Crippen molar-refractivity contribution in [3.8, 4) is 16.9 Å². The molecule has 0 N–H and O–H groups in total. The summed E-state index contributed by atoms with van der Waals surface area (Å²) in [7, 11) is 4.76. The second-order valence-corrected chi connectivity index (χ2v) is 7.79. The number of hydrogen-bond donors (Lipinski definition) is 0. The van der Waals surface area contributed by atoms with Crippen molar-refractivity contribution in [1.82, 2.24) is 14.6 Å². The average Bonchev–Trinajstić information content (AvgIpc) is 3.10. The van der Waals surface area contributed by atoms with Gasteiger partial charge in [0.2, 0.25) is 0 Å². The number of methoxy groups -OCH3 is 3. The summed E-state index contributed by atoms with van der Waals surface area (Å²) in [5, 5.41) is 4.85. The summed E-state index contributed by atoms with van der Waals surface area (Å²) in [6, 6.07) is 8.06. The molecule has 2 aromatic heterocycles. The SMILES string of the molecule is COCCN(CCCC(=O)OC)c1cc(C)nc2c(-c3ccc(OC)cc3C)c(C)nn12. The maximum atomic E-state index is 11.6. The van der Waals surface area contributed by atoms with Crippen molar-refractivity contribution in [2.75, 3.05) is 45.9 Å². The van der Waals surface area contributed by atoms with Gasteiger partial charge < -0.3 is 19.1 Å². The molecule has 1 aromatic carbocycles. The highest BCUT2D eigenvalue weighted by atomic mass is 16.5. The van der Waals surface area contributed by atoms with E-state index >= 15 is 0 Å². The lowest BCUT2D eigenvalue weighted by Gasteiger charge is -2.25. The molecule has 0 unspecified atom stereocenters. The van der Waals surface area contributed by atoms with E-state index in [0.717, 1.165) is 45.3 Å². The highest BCUT2D eigenvalue weighted by Crippen LogP contribution is 2.33. The Morgan fingerprint density at radius 2 is 1.88 bits per heavy atom. The number of anilines is 1. The summed E-state index contributed by atoms with van der Waals surface area (Å²) >= 11 is 0. The second-order valence-electron chi connectivity index (χ2n) is 7.79. The fourth-order valence-corrected chi connectivity index (χ4v) is 3.87. The minimum atomic E-state index is -0.208. The van der Waals surface area contributed by atoms with E-state index in [9.17, 15) is 4.79 Å². The zero-order valence-electron chi connectivity index (χ0n) is 19.8. The molecule has 0 aliphatic rings. The van der Waals surface area contributed by atoms with Gasteiger partial charge in [-0.3, -0.25) is 4.79 Å². The van der Waals surface area contributed by atoms with Gasteiger partial charge in [0.1, 0.15) is 11.6 Å². The number of aromatic nitrogens is 3. The number of hydrogen-bond acceptors (Lipinski definition) is 7. The van der Waals surface area contributed by atoms with Crippen LogP contribution in [0, 0.1) is 20.8 Å². The summed E-state index contributed by atoms with van der Waals surface area (Å²) in [4.78, 5) is 18.6. The van der Waals surface area contributed by atoms with Crippen LogP contribution in [0.25, 0.3) is 16.8 Å². The number of fused-ring (bicyclic) bond motifs is 1. The highest BCUT2D eigenvalue weighted by Gasteiger charge is 2.20. The molecule has 32 heavy (non-hydrogen) atoms. The standard InChI is InChI=1S/C24H32N4O4/c1-16-14-19(31-5)9-10-20(16)23-18(3)26-28-21(15-17(2)25-24(23)28)27(12-13-30-4)11-7-8-22(29)32-6/h9-10,14-15H,7-8,11-13H2,1-6H3. The molecule has 0 spiro atoms. The summed E-state index contributed by atoms with van der Waals surface area (Å²) in [6.07, 6.45) is 1.03. The van der Waals surface area contributed by atoms with Gasteiger partial charge in [-0.25, -0.2) is 4.98 Å². The van der Waals surface area contributed by atoms with Crippen LogP contribution in [0.5, 0.6) is 5.75 Å². The van der Waals surface area contributed by atoms with Gasteiger partial charge in [0.15, 0.2) is 5.65 Å². The molecule has 3 rings (SSSR count). The molecular formula is C24H32N4O4. The van der Waals surface area contributed by atoms with Crippen LogP contribution in [0.15, 0.2) is 24.3 Å². The molecule has 0 saturated heterocycles. The molecular weight excluding hydrogens is 408 g/mol. The van der Waals surface area contributed by atoms with E-state index in [1.54, 1.807) is 14.2 Å². The average molecular weight is 441 g/mol. The van der Waals surface area contributed by atoms with E-state index in [4.69, 9.17) is 24.3 Å². The lowest BCUT2D eigenvalue weighted by atomic mass is 10.0. The van der Waals surface area contributed by atoms with E-state index in [-0.39, 0.29) is 5.97 Å². The first kappa shape index (κ1) is 23.5. The molecule has 0 bridgehead atoms. The van der Waals surface area contributed by atoms with Crippen LogP contribution in [-0.2, 0) is 14.3 Å². The third-order valence-electron chi connectivity index (χ3n) is 5.50. The number of ether oxygens (including phenoxy) is 3. The number of nitrogens with zero attached hydrogens (tertiary/aromatic N) is 4. The third kappa shape index (κ3) is 5.02. The van der Waals surface area contributed by atoms with Gasteiger partial charge in [0.25, 0.3) is 0 Å². The number of aryl methyl sites for hydroxylation is 3. The number of carbonyl (C=O) groups excluding carboxylic acids is 1. The largest absolute Gasteiger partial charge is 0.497 e. The first-order valence-electron chi connectivity index (χ1n) is 10.7. The molecule has 0 aliphatic carbocycles. The first-order chi connectivity index (χ1) is 15.4. The van der Waals surface area contributed by atoms with Crippen molar-refractivity contribution in [3.05, 3.63) is 41.2 Å². The number of esters is 1. The zero-order chi connectivity index (χ0) is 23.3. The highest BCUT2D eigenvalue weighted by molar-refractivity contribution is 5.83. The molecule has 172 valence electrons. The molecule has 3 aromatic rings. The smallest absolute Gasteiger partial charge is 0.305 e. The quantitative estimate of drug-likeness (QED) is 0.445. The van der Waals surface area contributed by atoms with E-state index in [2.05, 4.69) is 17.9 Å². The van der Waals surface area contributed by atoms with Crippen molar-refractivity contribution in [3.63, 3.8) is 0 Å². The van der Waals surface area contributed by atoms with Gasteiger partial charge in [-0.05, 0) is 50.5 Å². The van der Waals surface area contributed by atoms with Gasteiger partial charge in [0, 0.05) is 43.9 Å². The van der Waals surface area contributed by atoms with Crippen molar-refractivity contribution in [2.45, 2.75) is 33.6 Å². The van der Waals surface area contributed by atoms with Gasteiger partial charge in [0.05, 0.1) is 26.5 Å². The predicted molar refractivity (Wildman–Crippen MR) is 125 cm³/mol. The molecule has 0 aliphatic heterocycles. The van der Waals surface area contributed by atoms with Crippen LogP contribution >= 0.6 is 0 Å².